The number of unbranched alkanes of at least 4 members (excludes halogenated alkanes) is 1. The van der Waals surface area contributed by atoms with Gasteiger partial charge in [-0.1, -0.05) is 19.4 Å². The van der Waals surface area contributed by atoms with Crippen molar-refractivity contribution in [2.24, 2.45) is 0 Å². The molecule has 0 spiro atoms. The molecule has 0 atom stereocenters. The molecule has 0 saturated carbocycles. The monoisotopic (exact) mass is 314 g/mol. The average molecular weight is 314 g/mol. The Labute approximate surface area is 132 Å². The van der Waals surface area contributed by atoms with Gasteiger partial charge >= 0.3 is 5.97 Å². The minimum Gasteiger partial charge on any atom is -0.462 e. The van der Waals surface area contributed by atoms with Crippen LogP contribution in [-0.2, 0) is 9.53 Å². The van der Waals surface area contributed by atoms with Gasteiger partial charge < -0.3 is 4.74 Å². The van der Waals surface area contributed by atoms with Crippen LogP contribution in [0.1, 0.15) is 25.3 Å². The first-order valence-electron chi connectivity index (χ1n) is 7.09. The molecule has 7 heteroatoms. The average Bonchev–Trinajstić information content (AvgIpc) is 3.07. The number of nitrogens with zero attached hydrogens (tertiary/aromatic N) is 4. The molecule has 2 aromatic rings. The Morgan fingerprint density at radius 1 is 1.52 bits per heavy atom. The van der Waals surface area contributed by atoms with Crippen LogP contribution >= 0.6 is 0 Å². The summed E-state index contributed by atoms with van der Waals surface area (Å²) in [6.45, 7) is 2.22. The molecule has 0 bridgehead atoms. The SMILES string of the molecule is CCCCOC(=O)/C(C#N)=C/c1ccc(-n2cncn2)c(F)c1. The topological polar surface area (TPSA) is 80.8 Å². The third kappa shape index (κ3) is 4.23. The minimum atomic E-state index is -0.707. The number of rotatable bonds is 6. The normalized spacial score (nSPS) is 11.1. The van der Waals surface area contributed by atoms with Crippen molar-refractivity contribution in [1.29, 1.82) is 5.26 Å². The zero-order valence-electron chi connectivity index (χ0n) is 12.6. The first kappa shape index (κ1) is 16.4. The molecule has 6 nitrogen and oxygen atoms in total. The van der Waals surface area contributed by atoms with Gasteiger partial charge in [0.1, 0.15) is 35.8 Å². The van der Waals surface area contributed by atoms with E-state index in [1.165, 1.54) is 35.5 Å². The number of nitriles is 1. The zero-order chi connectivity index (χ0) is 16.7. The molecule has 0 fully saturated rings. The maximum atomic E-state index is 14.1. The van der Waals surface area contributed by atoms with E-state index in [0.717, 1.165) is 12.8 Å². The van der Waals surface area contributed by atoms with E-state index in [4.69, 9.17) is 10.00 Å². The van der Waals surface area contributed by atoms with E-state index in [1.807, 2.05) is 6.92 Å². The molecule has 1 aromatic heterocycles. The van der Waals surface area contributed by atoms with Gasteiger partial charge in [0.15, 0.2) is 0 Å². The number of esters is 1. The maximum absolute atomic E-state index is 14.1. The summed E-state index contributed by atoms with van der Waals surface area (Å²) in [6, 6.07) is 6.06. The lowest BCUT2D eigenvalue weighted by Crippen LogP contribution is -2.07. The molecule has 1 aromatic carbocycles. The highest BCUT2D eigenvalue weighted by Gasteiger charge is 2.12. The molecule has 2 rings (SSSR count). The Hall–Kier alpha value is -3.01. The lowest BCUT2D eigenvalue weighted by molar-refractivity contribution is -0.138. The summed E-state index contributed by atoms with van der Waals surface area (Å²) in [5.41, 5.74) is 0.438. The third-order valence-electron chi connectivity index (χ3n) is 3.02. The van der Waals surface area contributed by atoms with Crippen molar-refractivity contribution in [3.05, 3.63) is 47.8 Å². The maximum Gasteiger partial charge on any atom is 0.348 e. The smallest absolute Gasteiger partial charge is 0.348 e. The predicted molar refractivity (Wildman–Crippen MR) is 80.8 cm³/mol. The fourth-order valence-corrected chi connectivity index (χ4v) is 1.82. The second kappa shape index (κ2) is 7.84. The number of halogens is 1. The highest BCUT2D eigenvalue weighted by molar-refractivity contribution is 5.97. The number of ether oxygens (including phenoxy) is 1. The number of hydrogen-bond acceptors (Lipinski definition) is 5. The summed E-state index contributed by atoms with van der Waals surface area (Å²) in [5.74, 6) is -1.25. The van der Waals surface area contributed by atoms with Gasteiger partial charge in [0.25, 0.3) is 0 Å². The quantitative estimate of drug-likeness (QED) is 0.354. The molecule has 0 unspecified atom stereocenters. The van der Waals surface area contributed by atoms with Crippen LogP contribution in [0.5, 0.6) is 0 Å². The fourth-order valence-electron chi connectivity index (χ4n) is 1.82. The number of carbonyl (C=O) groups excluding carboxylic acids is 1. The zero-order valence-corrected chi connectivity index (χ0v) is 12.6. The minimum absolute atomic E-state index is 0.172. The summed E-state index contributed by atoms with van der Waals surface area (Å²) in [4.78, 5) is 15.5. The summed E-state index contributed by atoms with van der Waals surface area (Å²) in [6.07, 6.45) is 5.58. The first-order chi connectivity index (χ1) is 11.2. The van der Waals surface area contributed by atoms with Crippen LogP contribution < -0.4 is 0 Å². The molecule has 0 aliphatic heterocycles. The van der Waals surface area contributed by atoms with Gasteiger partial charge in [-0.3, -0.25) is 0 Å². The molecule has 118 valence electrons. The Bertz CT molecular complexity index is 748. The van der Waals surface area contributed by atoms with Gasteiger partial charge in [-0.2, -0.15) is 10.4 Å². The van der Waals surface area contributed by atoms with E-state index < -0.39 is 11.8 Å². The molecule has 0 aliphatic rings. The summed E-state index contributed by atoms with van der Waals surface area (Å²) in [7, 11) is 0. The van der Waals surface area contributed by atoms with Crippen molar-refractivity contribution in [3.63, 3.8) is 0 Å². The largest absolute Gasteiger partial charge is 0.462 e. The Balaban J connectivity index is 2.19. The fraction of sp³-hybridized carbons (Fsp3) is 0.250. The van der Waals surface area contributed by atoms with Crippen LogP contribution in [0.4, 0.5) is 4.39 Å². The van der Waals surface area contributed by atoms with Crippen LogP contribution in [-0.4, -0.2) is 27.3 Å². The lowest BCUT2D eigenvalue weighted by atomic mass is 10.1. The number of hydrogen-bond donors (Lipinski definition) is 0. The van der Waals surface area contributed by atoms with Crippen molar-refractivity contribution in [2.75, 3.05) is 6.61 Å². The van der Waals surface area contributed by atoms with Crippen LogP contribution in [0, 0.1) is 17.1 Å². The van der Waals surface area contributed by atoms with Gasteiger partial charge in [0.05, 0.1) is 6.61 Å². The predicted octanol–water partition coefficient (Wildman–Crippen LogP) is 2.66. The molecule has 0 amide bonds. The van der Waals surface area contributed by atoms with Crippen molar-refractivity contribution >= 4 is 12.0 Å². The highest BCUT2D eigenvalue weighted by atomic mass is 19.1. The molecular formula is C16H15FN4O2. The van der Waals surface area contributed by atoms with Gasteiger partial charge in [0.2, 0.25) is 0 Å². The van der Waals surface area contributed by atoms with Gasteiger partial charge in [-0.05, 0) is 30.2 Å². The second-order valence-electron chi connectivity index (χ2n) is 4.71. The molecule has 0 radical (unpaired) electrons. The summed E-state index contributed by atoms with van der Waals surface area (Å²) in [5, 5.41) is 12.9. The van der Waals surface area contributed by atoms with Crippen LogP contribution in [0.3, 0.4) is 0 Å². The van der Waals surface area contributed by atoms with E-state index >= 15 is 0 Å². The molecular weight excluding hydrogens is 299 g/mol. The highest BCUT2D eigenvalue weighted by Crippen LogP contribution is 2.16. The number of aromatic nitrogens is 3. The molecule has 23 heavy (non-hydrogen) atoms. The van der Waals surface area contributed by atoms with E-state index in [0.29, 0.717) is 5.56 Å². The van der Waals surface area contributed by atoms with E-state index in [2.05, 4.69) is 10.1 Å². The number of carbonyl (C=O) groups is 1. The standard InChI is InChI=1S/C16H15FN4O2/c1-2-3-6-23-16(22)13(9-18)7-12-4-5-15(14(17)8-12)21-11-19-10-20-21/h4-5,7-8,10-11H,2-3,6H2,1H3/b13-7+. The molecule has 1 heterocycles. The van der Waals surface area contributed by atoms with E-state index in [-0.39, 0.29) is 17.9 Å². The number of benzene rings is 1. The lowest BCUT2D eigenvalue weighted by Gasteiger charge is -2.05. The second-order valence-corrected chi connectivity index (χ2v) is 4.71. The van der Waals surface area contributed by atoms with Crippen LogP contribution in [0.25, 0.3) is 11.8 Å². The summed E-state index contributed by atoms with van der Waals surface area (Å²) < 4.78 is 20.4. The van der Waals surface area contributed by atoms with E-state index in [9.17, 15) is 9.18 Å². The van der Waals surface area contributed by atoms with Crippen molar-refractivity contribution in [1.82, 2.24) is 14.8 Å². The Morgan fingerprint density at radius 3 is 2.96 bits per heavy atom. The van der Waals surface area contributed by atoms with Crippen LogP contribution in [0.15, 0.2) is 36.4 Å². The van der Waals surface area contributed by atoms with Crippen molar-refractivity contribution in [3.8, 4) is 11.8 Å². The first-order valence-corrected chi connectivity index (χ1v) is 7.09. The van der Waals surface area contributed by atoms with Crippen LogP contribution in [0.2, 0.25) is 0 Å². The molecule has 0 N–H and O–H groups in total. The summed E-state index contributed by atoms with van der Waals surface area (Å²) >= 11 is 0. The van der Waals surface area contributed by atoms with Gasteiger partial charge in [-0.25, -0.2) is 18.9 Å². The molecule has 0 aliphatic carbocycles. The Morgan fingerprint density at radius 2 is 2.35 bits per heavy atom. The van der Waals surface area contributed by atoms with E-state index in [1.54, 1.807) is 12.1 Å². The van der Waals surface area contributed by atoms with Crippen molar-refractivity contribution < 1.29 is 13.9 Å². The van der Waals surface area contributed by atoms with Crippen molar-refractivity contribution in [2.45, 2.75) is 19.8 Å². The molecule has 0 saturated heterocycles. The third-order valence-corrected chi connectivity index (χ3v) is 3.02. The van der Waals surface area contributed by atoms with Gasteiger partial charge in [-0.15, -0.1) is 0 Å². The van der Waals surface area contributed by atoms with Gasteiger partial charge in [0, 0.05) is 0 Å². The Kier molecular flexibility index (Phi) is 5.58.